The van der Waals surface area contributed by atoms with Gasteiger partial charge in [0, 0.05) is 51.1 Å². The van der Waals surface area contributed by atoms with Crippen LogP contribution in [0, 0.1) is 11.3 Å². The van der Waals surface area contributed by atoms with Gasteiger partial charge in [0.15, 0.2) is 0 Å². The summed E-state index contributed by atoms with van der Waals surface area (Å²) in [7, 11) is 0. The Kier molecular flexibility index (Phi) is 9.62. The molecule has 308 valence electrons. The van der Waals surface area contributed by atoms with Crippen LogP contribution in [0.2, 0.25) is 0 Å². The first kappa shape index (κ1) is 38.8. The number of nitrogens with zero attached hydrogens (tertiary/aromatic N) is 4. The quantitative estimate of drug-likeness (QED) is 0.143. The third-order valence-electron chi connectivity index (χ3n) is 13.0. The van der Waals surface area contributed by atoms with Crippen molar-refractivity contribution in [2.45, 2.75) is 0 Å². The van der Waals surface area contributed by atoms with Gasteiger partial charge < -0.3 is 14.7 Å². The topological polar surface area (TPSA) is 33.5 Å². The van der Waals surface area contributed by atoms with Gasteiger partial charge in [0.25, 0.3) is 6.71 Å². The van der Waals surface area contributed by atoms with Crippen LogP contribution in [0.25, 0.3) is 33.4 Å². The maximum atomic E-state index is 10.2. The molecule has 0 aromatic heterocycles. The van der Waals surface area contributed by atoms with Crippen LogP contribution in [0.3, 0.4) is 0 Å². The molecule has 0 fully saturated rings. The molecule has 0 N–H and O–H groups in total. The van der Waals surface area contributed by atoms with Crippen molar-refractivity contribution in [3.8, 4) is 39.4 Å². The van der Waals surface area contributed by atoms with Gasteiger partial charge in [-0.1, -0.05) is 158 Å². The number of benzene rings is 10. The van der Waals surface area contributed by atoms with Crippen LogP contribution in [-0.2, 0) is 0 Å². The van der Waals surface area contributed by atoms with Gasteiger partial charge in [0.05, 0.1) is 17.3 Å². The molecule has 2 aliphatic rings. The summed E-state index contributed by atoms with van der Waals surface area (Å²) in [6.07, 6.45) is 0. The molecule has 5 heteroatoms. The Morgan fingerprint density at radius 3 is 1.47 bits per heavy atom. The zero-order valence-corrected chi connectivity index (χ0v) is 36.0. The van der Waals surface area contributed by atoms with Crippen LogP contribution in [0.4, 0.5) is 51.2 Å². The summed E-state index contributed by atoms with van der Waals surface area (Å²) >= 11 is 0. The van der Waals surface area contributed by atoms with Crippen LogP contribution in [0.5, 0.6) is 0 Å². The molecule has 0 unspecified atom stereocenters. The summed E-state index contributed by atoms with van der Waals surface area (Å²) in [5.74, 6) is 0. The zero-order chi connectivity index (χ0) is 44.0. The van der Waals surface area contributed by atoms with Crippen molar-refractivity contribution < 1.29 is 0 Å². The van der Waals surface area contributed by atoms with Crippen LogP contribution in [0.15, 0.2) is 249 Å². The van der Waals surface area contributed by atoms with E-state index in [0.717, 1.165) is 84.6 Å². The smallest absolute Gasteiger partial charge is 0.252 e. The molecule has 2 heterocycles. The Bertz CT molecular complexity index is 3350. The Morgan fingerprint density at radius 2 is 0.864 bits per heavy atom. The maximum Gasteiger partial charge on any atom is 0.252 e. The molecular formula is C61H41BN4. The molecule has 0 saturated carbocycles. The molecule has 0 amide bonds. The summed E-state index contributed by atoms with van der Waals surface area (Å²) in [4.78, 5) is 7.28. The van der Waals surface area contributed by atoms with E-state index in [1.54, 1.807) is 0 Å². The number of para-hydroxylation sites is 3. The lowest BCUT2D eigenvalue weighted by atomic mass is 9.33. The first-order valence-corrected chi connectivity index (χ1v) is 22.4. The van der Waals surface area contributed by atoms with E-state index in [9.17, 15) is 5.26 Å². The van der Waals surface area contributed by atoms with E-state index in [1.807, 2.05) is 18.2 Å². The number of nitriles is 1. The maximum absolute atomic E-state index is 10.2. The molecule has 0 spiro atoms. The van der Waals surface area contributed by atoms with E-state index in [0.29, 0.717) is 5.56 Å². The van der Waals surface area contributed by atoms with Crippen LogP contribution >= 0.6 is 0 Å². The molecule has 0 saturated heterocycles. The minimum absolute atomic E-state index is 0.0738. The highest BCUT2D eigenvalue weighted by atomic mass is 15.2. The van der Waals surface area contributed by atoms with Crippen LogP contribution in [0.1, 0.15) is 5.56 Å². The fourth-order valence-corrected chi connectivity index (χ4v) is 10.1. The SMILES string of the molecule is N#Cc1ccc(N2c3ccccc3B3c4ccc(N(c5ccccc5)c5ccccc5)cc4N(c4cc(-c5ccccc5)cc(-c5ccccc5)c4)c4cccc2c43)c(-c2ccccc2)c1. The summed E-state index contributed by atoms with van der Waals surface area (Å²) in [5.41, 5.74) is 20.7. The van der Waals surface area contributed by atoms with E-state index in [4.69, 9.17) is 0 Å². The summed E-state index contributed by atoms with van der Waals surface area (Å²) in [6, 6.07) is 91.4. The van der Waals surface area contributed by atoms with Gasteiger partial charge in [-0.2, -0.15) is 5.26 Å². The second kappa shape index (κ2) is 16.4. The number of hydrogen-bond acceptors (Lipinski definition) is 4. The monoisotopic (exact) mass is 840 g/mol. The van der Waals surface area contributed by atoms with Gasteiger partial charge in [-0.05, 0) is 135 Å². The summed E-state index contributed by atoms with van der Waals surface area (Å²) < 4.78 is 0. The van der Waals surface area contributed by atoms with Gasteiger partial charge in [-0.25, -0.2) is 0 Å². The standard InChI is InChI=1S/C61H41BN4/c63-42-43-33-36-56(53(37-43)46-23-10-3-11-24-46)66-57-30-17-16-29-54(57)62-55-35-34-51(64(49-25-12-4-13-26-49)50-27-14-5-15-28-50)41-60(55)65(58-31-18-32-59(66)61(58)62)52-39-47(44-19-6-1-7-20-44)38-48(40-52)45-21-8-2-9-22-45/h1-41H. The van der Waals surface area contributed by atoms with Crippen molar-refractivity contribution in [2.24, 2.45) is 0 Å². The van der Waals surface area contributed by atoms with Gasteiger partial charge in [0.2, 0.25) is 0 Å². The van der Waals surface area contributed by atoms with Crippen molar-refractivity contribution in [2.75, 3.05) is 14.7 Å². The van der Waals surface area contributed by atoms with Crippen LogP contribution < -0.4 is 31.1 Å². The third-order valence-corrected chi connectivity index (χ3v) is 13.0. The largest absolute Gasteiger partial charge is 0.311 e. The average molecular weight is 841 g/mol. The molecule has 66 heavy (non-hydrogen) atoms. The first-order valence-electron chi connectivity index (χ1n) is 22.4. The van der Waals surface area contributed by atoms with E-state index in [1.165, 1.54) is 16.4 Å². The molecule has 0 radical (unpaired) electrons. The molecule has 10 aromatic carbocycles. The molecular weight excluding hydrogens is 800 g/mol. The van der Waals surface area contributed by atoms with Gasteiger partial charge in [-0.15, -0.1) is 0 Å². The van der Waals surface area contributed by atoms with Gasteiger partial charge in [-0.3, -0.25) is 0 Å². The number of hydrogen-bond donors (Lipinski definition) is 0. The fraction of sp³-hybridized carbons (Fsp3) is 0. The molecule has 0 aliphatic carbocycles. The Labute approximate surface area is 386 Å². The predicted octanol–water partition coefficient (Wildman–Crippen LogP) is 14.1. The van der Waals surface area contributed by atoms with Crippen molar-refractivity contribution in [1.29, 1.82) is 5.26 Å². The summed E-state index contributed by atoms with van der Waals surface area (Å²) in [6.45, 7) is -0.0738. The zero-order valence-electron chi connectivity index (χ0n) is 36.0. The lowest BCUT2D eigenvalue weighted by Gasteiger charge is -2.44. The van der Waals surface area contributed by atoms with Gasteiger partial charge in [0.1, 0.15) is 0 Å². The number of anilines is 9. The Hall–Kier alpha value is -8.85. The second-order valence-corrected chi connectivity index (χ2v) is 16.8. The third kappa shape index (κ3) is 6.63. The minimum atomic E-state index is -0.0738. The normalized spacial score (nSPS) is 12.1. The van der Waals surface area contributed by atoms with E-state index >= 15 is 0 Å². The highest BCUT2D eigenvalue weighted by Crippen LogP contribution is 2.48. The fourth-order valence-electron chi connectivity index (χ4n) is 10.1. The summed E-state index contributed by atoms with van der Waals surface area (Å²) in [5, 5.41) is 10.2. The van der Waals surface area contributed by atoms with E-state index in [2.05, 4.69) is 251 Å². The lowest BCUT2D eigenvalue weighted by Crippen LogP contribution is -2.61. The first-order chi connectivity index (χ1) is 32.7. The molecule has 0 bridgehead atoms. The van der Waals surface area contributed by atoms with Gasteiger partial charge >= 0.3 is 0 Å². The molecule has 10 aromatic rings. The Balaban J connectivity index is 1.15. The highest BCUT2D eigenvalue weighted by molar-refractivity contribution is 7.00. The minimum Gasteiger partial charge on any atom is -0.311 e. The lowest BCUT2D eigenvalue weighted by molar-refractivity contribution is 1.24. The van der Waals surface area contributed by atoms with Crippen molar-refractivity contribution in [1.82, 2.24) is 0 Å². The highest BCUT2D eigenvalue weighted by Gasteiger charge is 2.43. The molecule has 0 atom stereocenters. The Morgan fingerprint density at radius 1 is 0.348 bits per heavy atom. The molecule has 4 nitrogen and oxygen atoms in total. The molecule has 2 aliphatic heterocycles. The van der Waals surface area contributed by atoms with Crippen molar-refractivity contribution in [3.63, 3.8) is 0 Å². The molecule has 12 rings (SSSR count). The average Bonchev–Trinajstić information content (AvgIpc) is 3.40. The van der Waals surface area contributed by atoms with Crippen molar-refractivity contribution >= 4 is 74.3 Å². The number of fused-ring (bicyclic) bond motifs is 4. The number of rotatable bonds is 8. The van der Waals surface area contributed by atoms with Crippen molar-refractivity contribution in [3.05, 3.63) is 254 Å². The second-order valence-electron chi connectivity index (χ2n) is 16.8. The van der Waals surface area contributed by atoms with E-state index in [-0.39, 0.29) is 6.71 Å². The predicted molar refractivity (Wildman–Crippen MR) is 276 cm³/mol. The van der Waals surface area contributed by atoms with E-state index < -0.39 is 0 Å². The van der Waals surface area contributed by atoms with Crippen LogP contribution in [-0.4, -0.2) is 6.71 Å².